The molecular formula is C15H35N3O3. The fraction of sp³-hybridized carbons (Fsp3) is 1.00. The van der Waals surface area contributed by atoms with Gasteiger partial charge in [-0.25, -0.2) is 0 Å². The summed E-state index contributed by atoms with van der Waals surface area (Å²) in [7, 11) is 0. The molecular weight excluding hydrogens is 270 g/mol. The molecule has 0 aliphatic carbocycles. The van der Waals surface area contributed by atoms with E-state index in [1.807, 2.05) is 20.8 Å². The number of hydrogen-bond donors (Lipinski definition) is 3. The van der Waals surface area contributed by atoms with Gasteiger partial charge in [-0.3, -0.25) is 0 Å². The fourth-order valence-corrected chi connectivity index (χ4v) is 1.74. The third kappa shape index (κ3) is 10.2. The first kappa shape index (κ1) is 20.8. The monoisotopic (exact) mass is 305 g/mol. The van der Waals surface area contributed by atoms with E-state index < -0.39 is 0 Å². The van der Waals surface area contributed by atoms with Crippen molar-refractivity contribution in [3.63, 3.8) is 0 Å². The first-order valence-electron chi connectivity index (χ1n) is 7.83. The van der Waals surface area contributed by atoms with Gasteiger partial charge in [-0.1, -0.05) is 6.92 Å². The van der Waals surface area contributed by atoms with E-state index >= 15 is 0 Å². The first-order valence-corrected chi connectivity index (χ1v) is 7.83. The SMILES string of the molecule is CCC(COCC(C)N)(COCC(C)N)COC(C)CN. The molecule has 0 bridgehead atoms. The minimum Gasteiger partial charge on any atom is -0.379 e. The zero-order chi connectivity index (χ0) is 16.3. The lowest BCUT2D eigenvalue weighted by atomic mass is 9.88. The van der Waals surface area contributed by atoms with Crippen LogP contribution in [0.15, 0.2) is 0 Å². The molecule has 128 valence electrons. The summed E-state index contributed by atoms with van der Waals surface area (Å²) in [5.41, 5.74) is 16.9. The Morgan fingerprint density at radius 3 is 1.71 bits per heavy atom. The second-order valence-corrected chi connectivity index (χ2v) is 6.20. The quantitative estimate of drug-likeness (QED) is 0.457. The standard InChI is InChI=1S/C15H35N3O3/c1-5-15(9-19-7-12(2)17,10-20-8-13(3)18)11-21-14(4)6-16/h12-14H,5-11,16-18H2,1-4H3. The highest BCUT2D eigenvalue weighted by Gasteiger charge is 2.30. The van der Waals surface area contributed by atoms with E-state index in [2.05, 4.69) is 6.92 Å². The van der Waals surface area contributed by atoms with Crippen LogP contribution in [0.25, 0.3) is 0 Å². The predicted octanol–water partition coefficient (Wildman–Crippen LogP) is 0.474. The summed E-state index contributed by atoms with van der Waals surface area (Å²) in [5.74, 6) is 0. The summed E-state index contributed by atoms with van der Waals surface area (Å²) < 4.78 is 17.3. The topological polar surface area (TPSA) is 106 Å². The van der Waals surface area contributed by atoms with Gasteiger partial charge < -0.3 is 31.4 Å². The maximum atomic E-state index is 5.82. The van der Waals surface area contributed by atoms with Crippen molar-refractivity contribution >= 4 is 0 Å². The summed E-state index contributed by atoms with van der Waals surface area (Å²) in [6.45, 7) is 11.2. The predicted molar refractivity (Wildman–Crippen MR) is 86.1 cm³/mol. The minimum absolute atomic E-state index is 0.0217. The average Bonchev–Trinajstić information content (AvgIpc) is 2.43. The van der Waals surface area contributed by atoms with E-state index in [-0.39, 0.29) is 23.6 Å². The Morgan fingerprint density at radius 2 is 1.38 bits per heavy atom. The van der Waals surface area contributed by atoms with Crippen LogP contribution in [0.3, 0.4) is 0 Å². The van der Waals surface area contributed by atoms with Gasteiger partial charge >= 0.3 is 0 Å². The van der Waals surface area contributed by atoms with Crippen LogP contribution in [0.2, 0.25) is 0 Å². The Morgan fingerprint density at radius 1 is 0.905 bits per heavy atom. The zero-order valence-electron chi connectivity index (χ0n) is 14.1. The Balaban J connectivity index is 4.50. The summed E-state index contributed by atoms with van der Waals surface area (Å²) in [6, 6.07) is 0.0434. The van der Waals surface area contributed by atoms with Crippen molar-refractivity contribution in [2.24, 2.45) is 22.6 Å². The number of hydrogen-bond acceptors (Lipinski definition) is 6. The molecule has 0 heterocycles. The lowest BCUT2D eigenvalue weighted by molar-refractivity contribution is -0.0865. The smallest absolute Gasteiger partial charge is 0.0669 e. The lowest BCUT2D eigenvalue weighted by Gasteiger charge is -2.33. The Bertz CT molecular complexity index is 236. The maximum Gasteiger partial charge on any atom is 0.0669 e. The molecule has 6 heteroatoms. The molecule has 0 saturated carbocycles. The first-order chi connectivity index (χ1) is 9.85. The highest BCUT2D eigenvalue weighted by atomic mass is 16.5. The molecule has 0 aromatic carbocycles. The van der Waals surface area contributed by atoms with Gasteiger partial charge in [0.1, 0.15) is 0 Å². The molecule has 0 saturated heterocycles. The normalized spacial score (nSPS) is 19.0. The highest BCUT2D eigenvalue weighted by molar-refractivity contribution is 4.79. The van der Waals surface area contributed by atoms with Gasteiger partial charge in [0, 0.05) is 24.0 Å². The average molecular weight is 305 g/mol. The van der Waals surface area contributed by atoms with Crippen molar-refractivity contribution < 1.29 is 14.2 Å². The van der Waals surface area contributed by atoms with Crippen LogP contribution < -0.4 is 17.2 Å². The summed E-state index contributed by atoms with van der Waals surface area (Å²) >= 11 is 0. The molecule has 0 fully saturated rings. The molecule has 6 nitrogen and oxygen atoms in total. The number of nitrogens with two attached hydrogens (primary N) is 3. The third-order valence-electron chi connectivity index (χ3n) is 3.33. The molecule has 0 radical (unpaired) electrons. The van der Waals surface area contributed by atoms with Gasteiger partial charge in [0.05, 0.1) is 39.1 Å². The van der Waals surface area contributed by atoms with Gasteiger partial charge in [0.15, 0.2) is 0 Å². The molecule has 3 atom stereocenters. The fourth-order valence-electron chi connectivity index (χ4n) is 1.74. The van der Waals surface area contributed by atoms with Crippen LogP contribution >= 0.6 is 0 Å². The third-order valence-corrected chi connectivity index (χ3v) is 3.33. The molecule has 0 aliphatic heterocycles. The molecule has 0 aromatic heterocycles. The number of rotatable bonds is 13. The van der Waals surface area contributed by atoms with Crippen molar-refractivity contribution in [2.75, 3.05) is 39.6 Å². The lowest BCUT2D eigenvalue weighted by Crippen LogP contribution is -2.40. The molecule has 0 spiro atoms. The Labute approximate surface area is 129 Å². The van der Waals surface area contributed by atoms with E-state index in [0.29, 0.717) is 39.6 Å². The summed E-state index contributed by atoms with van der Waals surface area (Å²) in [6.07, 6.45) is 0.917. The molecule has 0 aromatic rings. The molecule has 21 heavy (non-hydrogen) atoms. The van der Waals surface area contributed by atoms with Gasteiger partial charge in [0.25, 0.3) is 0 Å². The van der Waals surface area contributed by atoms with E-state index in [4.69, 9.17) is 31.4 Å². The number of ether oxygens (including phenoxy) is 3. The Hall–Kier alpha value is -0.240. The van der Waals surface area contributed by atoms with Crippen LogP contribution in [-0.2, 0) is 14.2 Å². The van der Waals surface area contributed by atoms with Gasteiger partial charge in [-0.15, -0.1) is 0 Å². The molecule has 3 unspecified atom stereocenters. The van der Waals surface area contributed by atoms with Gasteiger partial charge in [-0.2, -0.15) is 0 Å². The van der Waals surface area contributed by atoms with Crippen LogP contribution in [0.4, 0.5) is 0 Å². The highest BCUT2D eigenvalue weighted by Crippen LogP contribution is 2.24. The molecule has 0 aliphatic rings. The van der Waals surface area contributed by atoms with E-state index in [1.54, 1.807) is 0 Å². The van der Waals surface area contributed by atoms with Gasteiger partial charge in [-0.05, 0) is 27.2 Å². The molecule has 6 N–H and O–H groups in total. The van der Waals surface area contributed by atoms with Crippen LogP contribution in [0.1, 0.15) is 34.1 Å². The molecule has 0 amide bonds. The van der Waals surface area contributed by atoms with Gasteiger partial charge in [0.2, 0.25) is 0 Å². The summed E-state index contributed by atoms with van der Waals surface area (Å²) in [4.78, 5) is 0. The Kier molecular flexibility index (Phi) is 11.2. The van der Waals surface area contributed by atoms with Crippen molar-refractivity contribution in [2.45, 2.75) is 52.3 Å². The van der Waals surface area contributed by atoms with E-state index in [1.165, 1.54) is 0 Å². The second kappa shape index (κ2) is 11.3. The largest absolute Gasteiger partial charge is 0.379 e. The van der Waals surface area contributed by atoms with Crippen molar-refractivity contribution in [3.05, 3.63) is 0 Å². The van der Waals surface area contributed by atoms with E-state index in [0.717, 1.165) is 6.42 Å². The van der Waals surface area contributed by atoms with Crippen LogP contribution in [0.5, 0.6) is 0 Å². The van der Waals surface area contributed by atoms with Crippen LogP contribution in [-0.4, -0.2) is 57.8 Å². The van der Waals surface area contributed by atoms with Crippen molar-refractivity contribution in [1.29, 1.82) is 0 Å². The van der Waals surface area contributed by atoms with E-state index in [9.17, 15) is 0 Å². The van der Waals surface area contributed by atoms with Crippen molar-refractivity contribution in [3.8, 4) is 0 Å². The second-order valence-electron chi connectivity index (χ2n) is 6.20. The van der Waals surface area contributed by atoms with Crippen LogP contribution in [0, 0.1) is 5.41 Å². The minimum atomic E-state index is -0.187. The molecule has 0 rings (SSSR count). The zero-order valence-corrected chi connectivity index (χ0v) is 14.1. The summed E-state index contributed by atoms with van der Waals surface area (Å²) in [5, 5.41) is 0. The van der Waals surface area contributed by atoms with Crippen molar-refractivity contribution in [1.82, 2.24) is 0 Å². The maximum absolute atomic E-state index is 5.82.